The van der Waals surface area contributed by atoms with Crippen LogP contribution in [0.5, 0.6) is 0 Å². The van der Waals surface area contributed by atoms with E-state index in [0.29, 0.717) is 5.82 Å². The van der Waals surface area contributed by atoms with Gasteiger partial charge in [-0.2, -0.15) is 10.2 Å². The maximum atomic E-state index is 11.5. The summed E-state index contributed by atoms with van der Waals surface area (Å²) in [6.07, 6.45) is 6.73. The Kier molecular flexibility index (Phi) is 4.27. The van der Waals surface area contributed by atoms with Gasteiger partial charge in [-0.05, 0) is 12.8 Å². The van der Waals surface area contributed by atoms with Crippen molar-refractivity contribution in [2.24, 2.45) is 11.0 Å². The predicted octanol–water partition coefficient (Wildman–Crippen LogP) is 3.06. The van der Waals surface area contributed by atoms with Crippen molar-refractivity contribution in [3.8, 4) is 0 Å². The second kappa shape index (κ2) is 6.51. The van der Waals surface area contributed by atoms with Gasteiger partial charge in [0.15, 0.2) is 5.82 Å². The normalized spacial score (nSPS) is 16.6. The molecule has 2 N–H and O–H groups in total. The van der Waals surface area contributed by atoms with Crippen LogP contribution in [0, 0.1) is 5.92 Å². The summed E-state index contributed by atoms with van der Waals surface area (Å²) in [5.74, 6) is -0.470. The molecule has 6 heteroatoms. The first kappa shape index (κ1) is 14.4. The molecule has 1 aliphatic carbocycles. The zero-order chi connectivity index (χ0) is 15.4. The lowest BCUT2D eigenvalue weighted by Crippen LogP contribution is -2.26. The van der Waals surface area contributed by atoms with Crippen LogP contribution < -0.4 is 5.43 Å². The van der Waals surface area contributed by atoms with E-state index in [2.05, 4.69) is 20.7 Å². The van der Waals surface area contributed by atoms with E-state index in [9.17, 15) is 9.90 Å². The third-order valence-electron chi connectivity index (χ3n) is 4.06. The lowest BCUT2D eigenvalue weighted by Gasteiger charge is -2.20. The number of nitrogens with zero attached hydrogens (tertiary/aromatic N) is 3. The number of nitrogens with one attached hydrogen (secondary N) is 1. The second-order valence-electron chi connectivity index (χ2n) is 5.53. The monoisotopic (exact) mass is 298 g/mol. The Bertz CT molecular complexity index is 703. The quantitative estimate of drug-likeness (QED) is 0.669. The topological polar surface area (TPSA) is 87.5 Å². The first-order valence-electron chi connectivity index (χ1n) is 7.53. The van der Waals surface area contributed by atoms with Gasteiger partial charge in [-0.15, -0.1) is 5.10 Å². The van der Waals surface area contributed by atoms with Crippen LogP contribution in [-0.2, 0) is 4.79 Å². The Hall–Kier alpha value is -2.50. The van der Waals surface area contributed by atoms with Crippen molar-refractivity contribution >= 4 is 28.3 Å². The van der Waals surface area contributed by atoms with Gasteiger partial charge >= 0.3 is 5.97 Å². The van der Waals surface area contributed by atoms with Crippen LogP contribution in [0.25, 0.3) is 10.8 Å². The molecule has 6 nitrogen and oxygen atoms in total. The van der Waals surface area contributed by atoms with Gasteiger partial charge in [0.05, 0.1) is 6.20 Å². The van der Waals surface area contributed by atoms with Crippen LogP contribution >= 0.6 is 0 Å². The number of rotatable bonds is 4. The first-order chi connectivity index (χ1) is 10.8. The van der Waals surface area contributed by atoms with Crippen molar-refractivity contribution in [1.82, 2.24) is 10.2 Å². The molecule has 0 bridgehead atoms. The fraction of sp³-hybridized carbons (Fsp3) is 0.375. The van der Waals surface area contributed by atoms with E-state index >= 15 is 0 Å². The van der Waals surface area contributed by atoms with Gasteiger partial charge < -0.3 is 5.11 Å². The van der Waals surface area contributed by atoms with Gasteiger partial charge in [0.2, 0.25) is 0 Å². The Balaban J connectivity index is 1.87. The molecule has 3 rings (SSSR count). The maximum Gasteiger partial charge on any atom is 0.352 e. The fourth-order valence-corrected chi connectivity index (χ4v) is 2.91. The number of hydrogen-bond donors (Lipinski definition) is 2. The number of carboxylic acid groups (broad SMARTS) is 1. The number of fused-ring (bicyclic) bond motifs is 1. The highest BCUT2D eigenvalue weighted by Crippen LogP contribution is 2.25. The standard InChI is InChI=1S/C16H18N4O2/c21-16(22)14(11-6-2-1-3-7-11)18-20-15-13-9-5-4-8-12(13)10-17-19-15/h4-5,8-11H,1-3,6-7H2,(H,19,20)(H,21,22)/b18-14-. The van der Waals surface area contributed by atoms with E-state index < -0.39 is 5.97 Å². The molecule has 0 radical (unpaired) electrons. The highest BCUT2D eigenvalue weighted by atomic mass is 16.4. The molecule has 1 saturated carbocycles. The van der Waals surface area contributed by atoms with Gasteiger partial charge in [-0.3, -0.25) is 5.43 Å². The number of benzene rings is 1. The molecule has 1 heterocycles. The lowest BCUT2D eigenvalue weighted by molar-refractivity contribution is -0.129. The molecule has 0 aliphatic heterocycles. The third-order valence-corrected chi connectivity index (χ3v) is 4.06. The minimum Gasteiger partial charge on any atom is -0.477 e. The predicted molar refractivity (Wildman–Crippen MR) is 84.8 cm³/mol. The van der Waals surface area contributed by atoms with Crippen molar-refractivity contribution in [3.63, 3.8) is 0 Å². The Labute approximate surface area is 128 Å². The number of aliphatic carboxylic acids is 1. The van der Waals surface area contributed by atoms with Crippen molar-refractivity contribution in [3.05, 3.63) is 30.5 Å². The average molecular weight is 298 g/mol. The van der Waals surface area contributed by atoms with Crippen LogP contribution in [0.4, 0.5) is 5.82 Å². The molecule has 22 heavy (non-hydrogen) atoms. The van der Waals surface area contributed by atoms with E-state index in [1.807, 2.05) is 24.3 Å². The van der Waals surface area contributed by atoms with Gasteiger partial charge in [0.25, 0.3) is 0 Å². The van der Waals surface area contributed by atoms with Crippen molar-refractivity contribution in [2.45, 2.75) is 32.1 Å². The molecule has 1 fully saturated rings. The summed E-state index contributed by atoms with van der Waals surface area (Å²) in [6.45, 7) is 0. The zero-order valence-corrected chi connectivity index (χ0v) is 12.2. The SMILES string of the molecule is O=C(O)/C(=N\Nc1nncc2ccccc12)C1CCCCC1. The van der Waals surface area contributed by atoms with Gasteiger partial charge in [0, 0.05) is 16.7 Å². The summed E-state index contributed by atoms with van der Waals surface area (Å²) in [6, 6.07) is 7.65. The van der Waals surface area contributed by atoms with Crippen LogP contribution in [0.1, 0.15) is 32.1 Å². The highest BCUT2D eigenvalue weighted by molar-refractivity contribution is 6.36. The second-order valence-corrected chi connectivity index (χ2v) is 5.53. The fourth-order valence-electron chi connectivity index (χ4n) is 2.91. The smallest absolute Gasteiger partial charge is 0.352 e. The summed E-state index contributed by atoms with van der Waals surface area (Å²) >= 11 is 0. The summed E-state index contributed by atoms with van der Waals surface area (Å²) in [5, 5.41) is 23.3. The minimum absolute atomic E-state index is 0.0154. The summed E-state index contributed by atoms with van der Waals surface area (Å²) in [5.41, 5.74) is 2.99. The molecule has 1 aliphatic rings. The molecule has 0 atom stereocenters. The minimum atomic E-state index is -0.965. The molecule has 2 aromatic rings. The van der Waals surface area contributed by atoms with Gasteiger partial charge in [-0.1, -0.05) is 43.5 Å². The molecular formula is C16H18N4O2. The Morgan fingerprint density at radius 2 is 2.00 bits per heavy atom. The Morgan fingerprint density at radius 3 is 2.77 bits per heavy atom. The van der Waals surface area contributed by atoms with Crippen LogP contribution in [-0.4, -0.2) is 27.0 Å². The first-order valence-corrected chi connectivity index (χ1v) is 7.53. The molecule has 0 saturated heterocycles. The van der Waals surface area contributed by atoms with Crippen LogP contribution in [0.2, 0.25) is 0 Å². The molecule has 0 amide bonds. The van der Waals surface area contributed by atoms with Crippen molar-refractivity contribution in [2.75, 3.05) is 5.43 Å². The number of carbonyl (C=O) groups is 1. The number of aromatic nitrogens is 2. The average Bonchev–Trinajstić information content (AvgIpc) is 2.56. The number of hydrazone groups is 1. The molecule has 114 valence electrons. The highest BCUT2D eigenvalue weighted by Gasteiger charge is 2.24. The summed E-state index contributed by atoms with van der Waals surface area (Å²) in [7, 11) is 0. The van der Waals surface area contributed by atoms with E-state index in [1.54, 1.807) is 6.20 Å². The lowest BCUT2D eigenvalue weighted by atomic mass is 9.86. The van der Waals surface area contributed by atoms with E-state index in [0.717, 1.165) is 36.5 Å². The van der Waals surface area contributed by atoms with Crippen LogP contribution in [0.3, 0.4) is 0 Å². The number of anilines is 1. The van der Waals surface area contributed by atoms with Crippen LogP contribution in [0.15, 0.2) is 35.6 Å². The molecule has 0 spiro atoms. The molecular weight excluding hydrogens is 280 g/mol. The molecule has 0 unspecified atom stereocenters. The third kappa shape index (κ3) is 3.05. The summed E-state index contributed by atoms with van der Waals surface area (Å²) in [4.78, 5) is 11.5. The summed E-state index contributed by atoms with van der Waals surface area (Å²) < 4.78 is 0. The van der Waals surface area contributed by atoms with Gasteiger partial charge in [-0.25, -0.2) is 4.79 Å². The Morgan fingerprint density at radius 1 is 1.23 bits per heavy atom. The van der Waals surface area contributed by atoms with E-state index in [-0.39, 0.29) is 11.6 Å². The maximum absolute atomic E-state index is 11.5. The molecule has 1 aromatic carbocycles. The number of carboxylic acids is 1. The van der Waals surface area contributed by atoms with E-state index in [1.165, 1.54) is 6.42 Å². The van der Waals surface area contributed by atoms with Crippen molar-refractivity contribution in [1.29, 1.82) is 0 Å². The van der Waals surface area contributed by atoms with Crippen molar-refractivity contribution < 1.29 is 9.90 Å². The largest absolute Gasteiger partial charge is 0.477 e. The molecule has 1 aromatic heterocycles. The zero-order valence-electron chi connectivity index (χ0n) is 12.2. The van der Waals surface area contributed by atoms with E-state index in [4.69, 9.17) is 0 Å². The van der Waals surface area contributed by atoms with Gasteiger partial charge in [0.1, 0.15) is 5.71 Å². The number of hydrogen-bond acceptors (Lipinski definition) is 5.